The Morgan fingerprint density at radius 1 is 1.00 bits per heavy atom. The average Bonchev–Trinajstić information content (AvgIpc) is 2.73. The molecule has 0 radical (unpaired) electrons. The molecule has 2 aromatic carbocycles. The molecule has 11 heteroatoms. The minimum atomic E-state index is -4.55. The number of alkyl halides is 3. The van der Waals surface area contributed by atoms with Gasteiger partial charge < -0.3 is 10.6 Å². The van der Waals surface area contributed by atoms with Crippen LogP contribution in [-0.2, 0) is 27.5 Å². The maximum absolute atomic E-state index is 12.7. The number of halogens is 3. The summed E-state index contributed by atoms with van der Waals surface area (Å²) >= 11 is 0. The van der Waals surface area contributed by atoms with E-state index in [0.29, 0.717) is 36.2 Å². The summed E-state index contributed by atoms with van der Waals surface area (Å²) in [7, 11) is -4.13. The predicted octanol–water partition coefficient (Wildman–Crippen LogP) is 3.28. The zero-order valence-corrected chi connectivity index (χ0v) is 17.8. The minimum absolute atomic E-state index is 0.124. The molecular formula is C21H21F3N4O3S. The second-order valence-corrected chi connectivity index (χ2v) is 8.65. The first-order valence-electron chi connectivity index (χ1n) is 9.60. The highest BCUT2D eigenvalue weighted by molar-refractivity contribution is 7.92. The van der Waals surface area contributed by atoms with E-state index in [1.54, 1.807) is 24.3 Å². The topological polar surface area (TPSA) is 100 Å². The number of carbonyl (C=O) groups excluding carboxylic acids is 1. The van der Waals surface area contributed by atoms with Crippen LogP contribution < -0.4 is 15.4 Å². The Bertz CT molecular complexity index is 1210. The van der Waals surface area contributed by atoms with Gasteiger partial charge in [0.1, 0.15) is 0 Å². The molecule has 0 atom stereocenters. The number of amides is 1. The van der Waals surface area contributed by atoms with Crippen molar-refractivity contribution in [2.75, 3.05) is 17.8 Å². The monoisotopic (exact) mass is 466 g/mol. The number of carbonyl (C=O) groups is 1. The molecule has 0 fully saturated rings. The molecule has 1 heterocycles. The van der Waals surface area contributed by atoms with E-state index in [2.05, 4.69) is 20.3 Å². The number of benzene rings is 2. The van der Waals surface area contributed by atoms with E-state index in [4.69, 9.17) is 0 Å². The lowest BCUT2D eigenvalue weighted by Crippen LogP contribution is -2.30. The molecule has 0 unspecified atom stereocenters. The van der Waals surface area contributed by atoms with Crippen LogP contribution in [0.5, 0.6) is 0 Å². The van der Waals surface area contributed by atoms with Crippen molar-refractivity contribution in [3.63, 3.8) is 0 Å². The molecule has 3 N–H and O–H groups in total. The van der Waals surface area contributed by atoms with Crippen LogP contribution in [0.25, 0.3) is 10.9 Å². The molecule has 170 valence electrons. The first-order chi connectivity index (χ1) is 15.1. The Balaban J connectivity index is 1.79. The number of hydrogen-bond acceptors (Lipinski definition) is 5. The summed E-state index contributed by atoms with van der Waals surface area (Å²) in [4.78, 5) is 15.1. The van der Waals surface area contributed by atoms with Crippen LogP contribution in [0.1, 0.15) is 18.2 Å². The summed E-state index contributed by atoms with van der Waals surface area (Å²) in [6, 6.07) is 11.8. The van der Waals surface area contributed by atoms with Gasteiger partial charge in [0.05, 0.1) is 27.4 Å². The van der Waals surface area contributed by atoms with Crippen LogP contribution in [-0.4, -0.2) is 32.4 Å². The molecule has 7 nitrogen and oxygen atoms in total. The zero-order valence-electron chi connectivity index (χ0n) is 17.0. The first-order valence-corrected chi connectivity index (χ1v) is 11.1. The number of fused-ring (bicyclic) bond motifs is 1. The van der Waals surface area contributed by atoms with Gasteiger partial charge in [-0.25, -0.2) is 13.4 Å². The third-order valence-electron chi connectivity index (χ3n) is 4.50. The van der Waals surface area contributed by atoms with Crippen molar-refractivity contribution in [2.24, 2.45) is 0 Å². The molecule has 3 rings (SSSR count). The highest BCUT2D eigenvalue weighted by atomic mass is 32.2. The summed E-state index contributed by atoms with van der Waals surface area (Å²) in [5.41, 5.74) is 0.340. The van der Waals surface area contributed by atoms with E-state index in [-0.39, 0.29) is 16.5 Å². The van der Waals surface area contributed by atoms with Gasteiger partial charge in [0.2, 0.25) is 5.91 Å². The van der Waals surface area contributed by atoms with Gasteiger partial charge in [0, 0.05) is 31.9 Å². The van der Waals surface area contributed by atoms with Crippen LogP contribution in [0.3, 0.4) is 0 Å². The van der Waals surface area contributed by atoms with Crippen LogP contribution >= 0.6 is 0 Å². The lowest BCUT2D eigenvalue weighted by molar-refractivity contribution is -0.137. The molecule has 0 aliphatic carbocycles. The first kappa shape index (κ1) is 23.5. The summed E-state index contributed by atoms with van der Waals surface area (Å²) in [5, 5.41) is 6.48. The number of aromatic nitrogens is 1. The summed E-state index contributed by atoms with van der Waals surface area (Å²) in [5.74, 6) is -0.124. The van der Waals surface area contributed by atoms with Crippen molar-refractivity contribution in [1.29, 1.82) is 0 Å². The van der Waals surface area contributed by atoms with Gasteiger partial charge in [0.15, 0.2) is 0 Å². The Morgan fingerprint density at radius 2 is 1.72 bits per heavy atom. The number of para-hydroxylation sites is 1. The maximum atomic E-state index is 12.7. The van der Waals surface area contributed by atoms with Crippen molar-refractivity contribution in [2.45, 2.75) is 24.5 Å². The Labute approximate surface area is 183 Å². The fourth-order valence-corrected chi connectivity index (χ4v) is 4.00. The van der Waals surface area contributed by atoms with Gasteiger partial charge in [-0.15, -0.1) is 0 Å². The number of hydrogen-bond donors (Lipinski definition) is 3. The molecule has 0 spiro atoms. The Hall–Kier alpha value is -3.18. The van der Waals surface area contributed by atoms with E-state index in [9.17, 15) is 26.4 Å². The Morgan fingerprint density at radius 3 is 2.38 bits per heavy atom. The average molecular weight is 466 g/mol. The van der Waals surface area contributed by atoms with E-state index in [1.165, 1.54) is 13.0 Å². The normalized spacial score (nSPS) is 12.0. The second kappa shape index (κ2) is 9.53. The number of anilines is 1. The van der Waals surface area contributed by atoms with E-state index >= 15 is 0 Å². The van der Waals surface area contributed by atoms with Crippen molar-refractivity contribution in [1.82, 2.24) is 15.6 Å². The summed E-state index contributed by atoms with van der Waals surface area (Å²) in [6.45, 7) is 2.82. The van der Waals surface area contributed by atoms with Gasteiger partial charge in [0.25, 0.3) is 10.0 Å². The summed E-state index contributed by atoms with van der Waals surface area (Å²) in [6.07, 6.45) is -4.55. The zero-order chi connectivity index (χ0) is 23.4. The third kappa shape index (κ3) is 5.95. The lowest BCUT2D eigenvalue weighted by atomic mass is 10.2. The lowest BCUT2D eigenvalue weighted by Gasteiger charge is -2.12. The number of nitrogens with one attached hydrogen (secondary N) is 3. The van der Waals surface area contributed by atoms with E-state index in [1.807, 2.05) is 0 Å². The summed E-state index contributed by atoms with van der Waals surface area (Å²) < 4.78 is 66.1. The van der Waals surface area contributed by atoms with Crippen molar-refractivity contribution in [3.05, 3.63) is 65.9 Å². The third-order valence-corrected chi connectivity index (χ3v) is 5.88. The van der Waals surface area contributed by atoms with Gasteiger partial charge in [-0.3, -0.25) is 9.52 Å². The van der Waals surface area contributed by atoms with Crippen LogP contribution in [0.15, 0.2) is 59.5 Å². The number of sulfonamides is 1. The molecule has 0 saturated carbocycles. The highest BCUT2D eigenvalue weighted by Gasteiger charge is 2.30. The van der Waals surface area contributed by atoms with Crippen molar-refractivity contribution >= 4 is 32.5 Å². The van der Waals surface area contributed by atoms with Crippen molar-refractivity contribution in [3.8, 4) is 0 Å². The second-order valence-electron chi connectivity index (χ2n) is 6.97. The molecule has 3 aromatic rings. The molecule has 1 aromatic heterocycles. The van der Waals surface area contributed by atoms with Crippen LogP contribution in [0, 0.1) is 0 Å². The highest BCUT2D eigenvalue weighted by Crippen LogP contribution is 2.30. The molecule has 0 saturated heterocycles. The van der Waals surface area contributed by atoms with Gasteiger partial charge in [-0.05, 0) is 36.4 Å². The largest absolute Gasteiger partial charge is 0.416 e. The fraction of sp³-hybridized carbons (Fsp3) is 0.238. The van der Waals surface area contributed by atoms with Crippen LogP contribution in [0.4, 0.5) is 18.9 Å². The molecule has 1 amide bonds. The predicted molar refractivity (Wildman–Crippen MR) is 114 cm³/mol. The SMILES string of the molecule is CC(=O)NCCNCc1ccc2cccc(NS(=O)(=O)c3ccc(C(F)(F)F)cc3)c2n1. The van der Waals surface area contributed by atoms with E-state index < -0.39 is 21.8 Å². The minimum Gasteiger partial charge on any atom is -0.355 e. The smallest absolute Gasteiger partial charge is 0.355 e. The molecule has 32 heavy (non-hydrogen) atoms. The van der Waals surface area contributed by atoms with E-state index in [0.717, 1.165) is 24.3 Å². The van der Waals surface area contributed by atoms with Gasteiger partial charge in [-0.2, -0.15) is 13.2 Å². The molecule has 0 aliphatic rings. The Kier molecular flexibility index (Phi) is 6.99. The van der Waals surface area contributed by atoms with Gasteiger partial charge >= 0.3 is 6.18 Å². The standard InChI is InChI=1S/C21H21F3N4O3S/c1-14(29)26-12-11-25-13-17-8-5-15-3-2-4-19(20(15)27-17)28-32(30,31)18-9-6-16(7-10-18)21(22,23)24/h2-10,25,28H,11-13H2,1H3,(H,26,29). The maximum Gasteiger partial charge on any atom is 0.416 e. The molecule has 0 aliphatic heterocycles. The molecule has 0 bridgehead atoms. The van der Waals surface area contributed by atoms with Crippen molar-refractivity contribution < 1.29 is 26.4 Å². The number of rotatable bonds is 8. The number of pyridine rings is 1. The van der Waals surface area contributed by atoms with Gasteiger partial charge in [-0.1, -0.05) is 18.2 Å². The number of nitrogens with zero attached hydrogens (tertiary/aromatic N) is 1. The fourth-order valence-electron chi connectivity index (χ4n) is 2.94. The molecular weight excluding hydrogens is 445 g/mol. The van der Waals surface area contributed by atoms with Crippen LogP contribution in [0.2, 0.25) is 0 Å². The quantitative estimate of drug-likeness (QED) is 0.443.